The van der Waals surface area contributed by atoms with E-state index in [1.165, 1.54) is 4.31 Å². The Morgan fingerprint density at radius 1 is 1.27 bits per heavy atom. The van der Waals surface area contributed by atoms with Crippen molar-refractivity contribution in [2.75, 3.05) is 26.4 Å². The van der Waals surface area contributed by atoms with E-state index in [4.69, 9.17) is 0 Å². The molecular weight excluding hydrogens is 212 g/mol. The molecule has 15 heavy (non-hydrogen) atoms. The zero-order valence-corrected chi connectivity index (χ0v) is 11.1. The van der Waals surface area contributed by atoms with E-state index >= 15 is 0 Å². The summed E-state index contributed by atoms with van der Waals surface area (Å²) in [5, 5.41) is 3.28. The van der Waals surface area contributed by atoms with Crippen molar-refractivity contribution in [1.29, 1.82) is 0 Å². The fraction of sp³-hybridized carbons (Fsp3) is 1.00. The van der Waals surface area contributed by atoms with Gasteiger partial charge in [0.2, 0.25) is 10.0 Å². The SMILES string of the molecule is CCCC(CC)NCCS(=O)(=O)N(C)C. The standard InChI is InChI=1S/C10H24N2O2S/c1-5-7-10(6-2)11-8-9-15(13,14)12(3)4/h10-11H,5-9H2,1-4H3. The average molecular weight is 236 g/mol. The molecule has 0 bridgehead atoms. The highest BCUT2D eigenvalue weighted by atomic mass is 32.2. The van der Waals surface area contributed by atoms with Gasteiger partial charge in [0.05, 0.1) is 5.75 Å². The predicted molar refractivity (Wildman–Crippen MR) is 64.5 cm³/mol. The van der Waals surface area contributed by atoms with Crippen LogP contribution in [-0.4, -0.2) is 45.2 Å². The Morgan fingerprint density at radius 2 is 1.87 bits per heavy atom. The first-order chi connectivity index (χ1) is 6.94. The smallest absolute Gasteiger partial charge is 0.214 e. The Balaban J connectivity index is 3.87. The predicted octanol–water partition coefficient (Wildman–Crippen LogP) is 1.05. The zero-order chi connectivity index (χ0) is 11.9. The molecule has 0 aromatic carbocycles. The van der Waals surface area contributed by atoms with Crippen LogP contribution in [0.25, 0.3) is 0 Å². The third kappa shape index (κ3) is 6.12. The molecule has 0 saturated carbocycles. The first-order valence-electron chi connectivity index (χ1n) is 5.57. The van der Waals surface area contributed by atoms with Gasteiger partial charge in [0.25, 0.3) is 0 Å². The third-order valence-corrected chi connectivity index (χ3v) is 4.31. The molecule has 0 radical (unpaired) electrons. The van der Waals surface area contributed by atoms with E-state index in [2.05, 4.69) is 19.2 Å². The van der Waals surface area contributed by atoms with Crippen molar-refractivity contribution in [2.45, 2.75) is 39.2 Å². The Hall–Kier alpha value is -0.130. The molecular formula is C10H24N2O2S. The van der Waals surface area contributed by atoms with Crippen molar-refractivity contribution in [2.24, 2.45) is 0 Å². The quantitative estimate of drug-likeness (QED) is 0.685. The molecule has 0 saturated heterocycles. The Kier molecular flexibility index (Phi) is 7.13. The summed E-state index contributed by atoms with van der Waals surface area (Å²) in [6.45, 7) is 4.80. The van der Waals surface area contributed by atoms with Crippen LogP contribution in [0.15, 0.2) is 0 Å². The largest absolute Gasteiger partial charge is 0.313 e. The topological polar surface area (TPSA) is 49.4 Å². The van der Waals surface area contributed by atoms with Crippen LogP contribution >= 0.6 is 0 Å². The van der Waals surface area contributed by atoms with Gasteiger partial charge in [-0.3, -0.25) is 0 Å². The highest BCUT2D eigenvalue weighted by molar-refractivity contribution is 7.89. The van der Waals surface area contributed by atoms with Crippen LogP contribution in [-0.2, 0) is 10.0 Å². The summed E-state index contributed by atoms with van der Waals surface area (Å²) in [7, 11) is 0.0901. The third-order valence-electron chi connectivity index (χ3n) is 2.48. The molecule has 0 heterocycles. The van der Waals surface area contributed by atoms with Gasteiger partial charge >= 0.3 is 0 Å². The van der Waals surface area contributed by atoms with Crippen molar-refractivity contribution in [3.63, 3.8) is 0 Å². The molecule has 92 valence electrons. The minimum Gasteiger partial charge on any atom is -0.313 e. The first-order valence-corrected chi connectivity index (χ1v) is 7.18. The van der Waals surface area contributed by atoms with E-state index in [1.54, 1.807) is 14.1 Å². The minimum atomic E-state index is -3.05. The lowest BCUT2D eigenvalue weighted by Crippen LogP contribution is -2.36. The van der Waals surface area contributed by atoms with Gasteiger partial charge in [-0.05, 0) is 12.8 Å². The monoisotopic (exact) mass is 236 g/mol. The van der Waals surface area contributed by atoms with Crippen LogP contribution in [0.4, 0.5) is 0 Å². The van der Waals surface area contributed by atoms with Gasteiger partial charge in [-0.2, -0.15) is 0 Å². The van der Waals surface area contributed by atoms with E-state index in [0.717, 1.165) is 19.3 Å². The number of nitrogens with one attached hydrogen (secondary N) is 1. The lowest BCUT2D eigenvalue weighted by Gasteiger charge is -2.17. The summed E-state index contributed by atoms with van der Waals surface area (Å²) >= 11 is 0. The lowest BCUT2D eigenvalue weighted by molar-refractivity contribution is 0.468. The minimum absolute atomic E-state index is 0.181. The van der Waals surface area contributed by atoms with E-state index < -0.39 is 10.0 Å². The summed E-state index contributed by atoms with van der Waals surface area (Å²) in [6.07, 6.45) is 3.29. The molecule has 0 aliphatic carbocycles. The molecule has 0 spiro atoms. The van der Waals surface area contributed by atoms with Gasteiger partial charge in [-0.25, -0.2) is 12.7 Å². The molecule has 1 unspecified atom stereocenters. The first kappa shape index (κ1) is 14.9. The normalized spacial score (nSPS) is 14.5. The van der Waals surface area contributed by atoms with Gasteiger partial charge in [0.1, 0.15) is 0 Å². The number of rotatable bonds is 8. The van der Waals surface area contributed by atoms with Crippen LogP contribution in [0, 0.1) is 0 Å². The molecule has 0 aromatic rings. The van der Waals surface area contributed by atoms with Crippen LogP contribution in [0.3, 0.4) is 0 Å². The molecule has 1 N–H and O–H groups in total. The summed E-state index contributed by atoms with van der Waals surface area (Å²) in [5.41, 5.74) is 0. The van der Waals surface area contributed by atoms with Crippen molar-refractivity contribution >= 4 is 10.0 Å². The van der Waals surface area contributed by atoms with E-state index in [1.807, 2.05) is 0 Å². The molecule has 0 aromatic heterocycles. The van der Waals surface area contributed by atoms with Gasteiger partial charge < -0.3 is 5.32 Å². The van der Waals surface area contributed by atoms with E-state index in [0.29, 0.717) is 12.6 Å². The molecule has 0 amide bonds. The van der Waals surface area contributed by atoms with Crippen LogP contribution in [0.1, 0.15) is 33.1 Å². The molecule has 0 rings (SSSR count). The summed E-state index contributed by atoms with van der Waals surface area (Å²) in [6, 6.07) is 0.451. The molecule has 1 atom stereocenters. The summed E-state index contributed by atoms with van der Waals surface area (Å²) < 4.78 is 24.2. The number of hydrogen-bond acceptors (Lipinski definition) is 3. The van der Waals surface area contributed by atoms with Crippen molar-refractivity contribution in [3.8, 4) is 0 Å². The average Bonchev–Trinajstić information content (AvgIpc) is 2.16. The van der Waals surface area contributed by atoms with Gasteiger partial charge in [0, 0.05) is 26.7 Å². The van der Waals surface area contributed by atoms with Crippen molar-refractivity contribution < 1.29 is 8.42 Å². The Labute approximate surface area is 94.1 Å². The Morgan fingerprint density at radius 3 is 2.27 bits per heavy atom. The highest BCUT2D eigenvalue weighted by Crippen LogP contribution is 2.01. The maximum Gasteiger partial charge on any atom is 0.214 e. The maximum absolute atomic E-state index is 11.4. The van der Waals surface area contributed by atoms with Gasteiger partial charge in [-0.1, -0.05) is 20.3 Å². The maximum atomic E-state index is 11.4. The number of hydrogen-bond donors (Lipinski definition) is 1. The van der Waals surface area contributed by atoms with Gasteiger partial charge in [-0.15, -0.1) is 0 Å². The molecule has 5 heteroatoms. The fourth-order valence-corrected chi connectivity index (χ4v) is 2.11. The second-order valence-electron chi connectivity index (χ2n) is 3.95. The van der Waals surface area contributed by atoms with Crippen LogP contribution in [0.5, 0.6) is 0 Å². The van der Waals surface area contributed by atoms with E-state index in [-0.39, 0.29) is 5.75 Å². The molecule has 0 aliphatic rings. The lowest BCUT2D eigenvalue weighted by atomic mass is 10.1. The summed E-state index contributed by atoms with van der Waals surface area (Å²) in [5.74, 6) is 0.181. The highest BCUT2D eigenvalue weighted by Gasteiger charge is 2.13. The molecule has 0 aliphatic heterocycles. The van der Waals surface area contributed by atoms with Crippen molar-refractivity contribution in [3.05, 3.63) is 0 Å². The second-order valence-corrected chi connectivity index (χ2v) is 6.25. The summed E-state index contributed by atoms with van der Waals surface area (Å²) in [4.78, 5) is 0. The zero-order valence-electron chi connectivity index (χ0n) is 10.3. The number of nitrogens with zero attached hydrogens (tertiary/aromatic N) is 1. The van der Waals surface area contributed by atoms with Crippen LogP contribution < -0.4 is 5.32 Å². The molecule has 0 fully saturated rings. The Bertz CT molecular complexity index is 250. The fourth-order valence-electron chi connectivity index (χ4n) is 1.37. The van der Waals surface area contributed by atoms with Crippen molar-refractivity contribution in [1.82, 2.24) is 9.62 Å². The van der Waals surface area contributed by atoms with Crippen LogP contribution in [0.2, 0.25) is 0 Å². The second kappa shape index (κ2) is 7.19. The number of sulfonamides is 1. The molecule has 4 nitrogen and oxygen atoms in total. The van der Waals surface area contributed by atoms with E-state index in [9.17, 15) is 8.42 Å². The van der Waals surface area contributed by atoms with Gasteiger partial charge in [0.15, 0.2) is 0 Å².